The van der Waals surface area contributed by atoms with E-state index in [9.17, 15) is 4.79 Å². The minimum atomic E-state index is 0.110. The Hall–Kier alpha value is -2.30. The lowest BCUT2D eigenvalue weighted by Gasteiger charge is -2.17. The number of nitrogens with zero attached hydrogens (tertiary/aromatic N) is 3. The molecule has 1 aliphatic rings. The van der Waals surface area contributed by atoms with E-state index < -0.39 is 0 Å². The second-order valence-electron chi connectivity index (χ2n) is 6.48. The average molecular weight is 312 g/mol. The van der Waals surface area contributed by atoms with Crippen LogP contribution in [-0.4, -0.2) is 22.2 Å². The molecule has 0 saturated carbocycles. The zero-order chi connectivity index (χ0) is 16.6. The monoisotopic (exact) mass is 312 g/mol. The second-order valence-corrected chi connectivity index (χ2v) is 6.48. The van der Waals surface area contributed by atoms with Crippen LogP contribution in [0.4, 0.5) is 11.4 Å². The smallest absolute Gasteiger partial charge is 0.223 e. The Bertz CT molecular complexity index is 720. The van der Waals surface area contributed by atoms with Crippen LogP contribution in [0.15, 0.2) is 30.6 Å². The number of fused-ring (bicyclic) bond motifs is 1. The van der Waals surface area contributed by atoms with Crippen molar-refractivity contribution in [2.24, 2.45) is 0 Å². The zero-order valence-corrected chi connectivity index (χ0v) is 14.2. The van der Waals surface area contributed by atoms with Gasteiger partial charge in [0.2, 0.25) is 5.91 Å². The van der Waals surface area contributed by atoms with Crippen LogP contribution in [-0.2, 0) is 11.2 Å². The molecule has 2 heterocycles. The SMILES string of the molecule is CC(=O)N1CCc2cc(NC(C)c3cnn(C(C)C)c3)ccc21. The van der Waals surface area contributed by atoms with Crippen LogP contribution < -0.4 is 10.2 Å². The molecule has 0 spiro atoms. The molecular weight excluding hydrogens is 288 g/mol. The van der Waals surface area contributed by atoms with Gasteiger partial charge in [-0.15, -0.1) is 0 Å². The minimum Gasteiger partial charge on any atom is -0.378 e. The van der Waals surface area contributed by atoms with Crippen LogP contribution in [0.1, 0.15) is 50.9 Å². The molecule has 3 rings (SSSR count). The lowest BCUT2D eigenvalue weighted by atomic mass is 10.1. The molecule has 1 unspecified atom stereocenters. The largest absolute Gasteiger partial charge is 0.378 e. The van der Waals surface area contributed by atoms with Gasteiger partial charge in [-0.25, -0.2) is 0 Å². The Balaban J connectivity index is 1.74. The molecule has 5 nitrogen and oxygen atoms in total. The van der Waals surface area contributed by atoms with Gasteiger partial charge in [0.15, 0.2) is 0 Å². The molecule has 0 bridgehead atoms. The number of rotatable bonds is 4. The molecule has 0 radical (unpaired) electrons. The Morgan fingerprint density at radius 2 is 2.09 bits per heavy atom. The zero-order valence-electron chi connectivity index (χ0n) is 14.2. The van der Waals surface area contributed by atoms with E-state index in [1.807, 2.05) is 27.9 Å². The first-order valence-electron chi connectivity index (χ1n) is 8.17. The van der Waals surface area contributed by atoms with Gasteiger partial charge < -0.3 is 10.2 Å². The molecule has 1 N–H and O–H groups in total. The number of hydrogen-bond acceptors (Lipinski definition) is 3. The van der Waals surface area contributed by atoms with Crippen molar-refractivity contribution in [3.63, 3.8) is 0 Å². The number of aromatic nitrogens is 2. The van der Waals surface area contributed by atoms with Crippen molar-refractivity contribution in [1.29, 1.82) is 0 Å². The first-order valence-corrected chi connectivity index (χ1v) is 8.17. The standard InChI is InChI=1S/C18H24N4O/c1-12(2)22-11-16(10-19-22)13(3)20-17-5-6-18-15(9-17)7-8-21(18)14(4)23/h5-6,9-13,20H,7-8H2,1-4H3. The van der Waals surface area contributed by atoms with Crippen LogP contribution >= 0.6 is 0 Å². The maximum atomic E-state index is 11.6. The van der Waals surface area contributed by atoms with Crippen LogP contribution in [0.5, 0.6) is 0 Å². The van der Waals surface area contributed by atoms with Gasteiger partial charge in [0, 0.05) is 42.6 Å². The maximum Gasteiger partial charge on any atom is 0.223 e. The number of carbonyl (C=O) groups excluding carboxylic acids is 1. The number of anilines is 2. The molecule has 0 saturated heterocycles. The normalized spacial score (nSPS) is 14.9. The Kier molecular flexibility index (Phi) is 4.11. The first-order chi connectivity index (χ1) is 11.0. The van der Waals surface area contributed by atoms with Crippen LogP contribution in [0.3, 0.4) is 0 Å². The van der Waals surface area contributed by atoms with Gasteiger partial charge in [-0.05, 0) is 51.0 Å². The summed E-state index contributed by atoms with van der Waals surface area (Å²) in [6.45, 7) is 8.78. The first kappa shape index (κ1) is 15.6. The van der Waals surface area contributed by atoms with E-state index in [1.165, 1.54) is 11.1 Å². The second kappa shape index (κ2) is 6.07. The van der Waals surface area contributed by atoms with Gasteiger partial charge in [0.05, 0.1) is 12.2 Å². The van der Waals surface area contributed by atoms with E-state index in [-0.39, 0.29) is 11.9 Å². The topological polar surface area (TPSA) is 50.2 Å². The highest BCUT2D eigenvalue weighted by atomic mass is 16.2. The van der Waals surface area contributed by atoms with Gasteiger partial charge in [-0.1, -0.05) is 0 Å². The molecule has 122 valence electrons. The predicted molar refractivity (Wildman–Crippen MR) is 92.8 cm³/mol. The van der Waals surface area contributed by atoms with Crippen LogP contribution in [0.2, 0.25) is 0 Å². The quantitative estimate of drug-likeness (QED) is 0.939. The fraction of sp³-hybridized carbons (Fsp3) is 0.444. The minimum absolute atomic E-state index is 0.110. The summed E-state index contributed by atoms with van der Waals surface area (Å²) in [4.78, 5) is 13.5. The van der Waals surface area contributed by atoms with Crippen molar-refractivity contribution in [3.8, 4) is 0 Å². The molecule has 1 aliphatic heterocycles. The van der Waals surface area contributed by atoms with E-state index in [0.29, 0.717) is 6.04 Å². The lowest BCUT2D eigenvalue weighted by molar-refractivity contribution is -0.116. The maximum absolute atomic E-state index is 11.6. The van der Waals surface area contributed by atoms with Gasteiger partial charge in [0.1, 0.15) is 0 Å². The molecule has 23 heavy (non-hydrogen) atoms. The molecule has 1 aromatic carbocycles. The third-order valence-electron chi connectivity index (χ3n) is 4.39. The summed E-state index contributed by atoms with van der Waals surface area (Å²) >= 11 is 0. The highest BCUT2D eigenvalue weighted by molar-refractivity contribution is 5.94. The molecule has 5 heteroatoms. The summed E-state index contributed by atoms with van der Waals surface area (Å²) < 4.78 is 1.97. The van der Waals surface area contributed by atoms with Gasteiger partial charge >= 0.3 is 0 Å². The van der Waals surface area contributed by atoms with Crippen LogP contribution in [0.25, 0.3) is 0 Å². The number of hydrogen-bond donors (Lipinski definition) is 1. The Morgan fingerprint density at radius 3 is 2.74 bits per heavy atom. The van der Waals surface area contributed by atoms with E-state index in [0.717, 1.165) is 24.3 Å². The summed E-state index contributed by atoms with van der Waals surface area (Å²) in [5.41, 5.74) is 4.53. The fourth-order valence-electron chi connectivity index (χ4n) is 3.01. The van der Waals surface area contributed by atoms with Gasteiger partial charge in [-0.3, -0.25) is 9.48 Å². The molecule has 1 atom stereocenters. The summed E-state index contributed by atoms with van der Waals surface area (Å²) in [6, 6.07) is 6.79. The van der Waals surface area contributed by atoms with Crippen molar-refractivity contribution >= 4 is 17.3 Å². The van der Waals surface area contributed by atoms with Crippen LogP contribution in [0, 0.1) is 0 Å². The molecule has 0 aliphatic carbocycles. The number of nitrogens with one attached hydrogen (secondary N) is 1. The molecular formula is C18H24N4O. The van der Waals surface area contributed by atoms with Crippen molar-refractivity contribution < 1.29 is 4.79 Å². The Morgan fingerprint density at radius 1 is 1.30 bits per heavy atom. The van der Waals surface area contributed by atoms with E-state index in [4.69, 9.17) is 0 Å². The Labute approximate surface area is 137 Å². The van der Waals surface area contributed by atoms with Crippen molar-refractivity contribution in [2.75, 3.05) is 16.8 Å². The summed E-state index contributed by atoms with van der Waals surface area (Å²) in [5, 5.41) is 7.93. The summed E-state index contributed by atoms with van der Waals surface area (Å²) in [6.07, 6.45) is 4.93. The fourth-order valence-corrected chi connectivity index (χ4v) is 3.01. The third-order valence-corrected chi connectivity index (χ3v) is 4.39. The molecule has 1 amide bonds. The van der Waals surface area contributed by atoms with E-state index in [1.54, 1.807) is 6.92 Å². The van der Waals surface area contributed by atoms with E-state index in [2.05, 4.69) is 43.4 Å². The molecule has 2 aromatic rings. The molecule has 1 aromatic heterocycles. The number of carbonyl (C=O) groups is 1. The van der Waals surface area contributed by atoms with Crippen molar-refractivity contribution in [1.82, 2.24) is 9.78 Å². The van der Waals surface area contributed by atoms with Crippen molar-refractivity contribution in [2.45, 2.75) is 46.2 Å². The number of amides is 1. The highest BCUT2D eigenvalue weighted by Crippen LogP contribution is 2.31. The van der Waals surface area contributed by atoms with E-state index >= 15 is 0 Å². The number of benzene rings is 1. The van der Waals surface area contributed by atoms with Gasteiger partial charge in [-0.2, -0.15) is 5.10 Å². The molecule has 0 fully saturated rings. The summed E-state index contributed by atoms with van der Waals surface area (Å²) in [7, 11) is 0. The van der Waals surface area contributed by atoms with Crippen molar-refractivity contribution in [3.05, 3.63) is 41.7 Å². The van der Waals surface area contributed by atoms with Gasteiger partial charge in [0.25, 0.3) is 0 Å². The lowest BCUT2D eigenvalue weighted by Crippen LogP contribution is -2.25. The third kappa shape index (κ3) is 3.09. The predicted octanol–water partition coefficient (Wildman–Crippen LogP) is 3.55. The average Bonchev–Trinajstić information content (AvgIpc) is 3.13. The highest BCUT2D eigenvalue weighted by Gasteiger charge is 2.22. The summed E-state index contributed by atoms with van der Waals surface area (Å²) in [5.74, 6) is 0.110.